The predicted octanol–water partition coefficient (Wildman–Crippen LogP) is 3.68. The summed E-state index contributed by atoms with van der Waals surface area (Å²) in [5.41, 5.74) is 1.01. The molecule has 0 atom stereocenters. The third-order valence-corrected chi connectivity index (χ3v) is 3.55. The van der Waals surface area contributed by atoms with Crippen LogP contribution in [0, 0.1) is 11.3 Å². The summed E-state index contributed by atoms with van der Waals surface area (Å²) in [4.78, 5) is 24.1. The van der Waals surface area contributed by atoms with Crippen molar-refractivity contribution in [2.24, 2.45) is 0 Å². The summed E-state index contributed by atoms with van der Waals surface area (Å²) in [6.07, 6.45) is 0. The van der Waals surface area contributed by atoms with Crippen LogP contribution in [0.2, 0.25) is 5.02 Å². The van der Waals surface area contributed by atoms with E-state index in [4.69, 9.17) is 26.0 Å². The molecule has 0 aliphatic rings. The van der Waals surface area contributed by atoms with E-state index in [-0.39, 0.29) is 23.4 Å². The minimum absolute atomic E-state index is 0.0310. The quantitative estimate of drug-likeness (QED) is 0.680. The lowest BCUT2D eigenvalue weighted by molar-refractivity contribution is 0.0436. The van der Waals surface area contributed by atoms with Gasteiger partial charge in [-0.1, -0.05) is 23.7 Å². The standard InChI is InChI=1S/C18H10ClNO4/c19-13-4-5-16-14(7-13)15(21)8-17(24-16)18(22)23-10-12-3-1-2-11(6-12)9-20/h1-8H,10H2. The van der Waals surface area contributed by atoms with Gasteiger partial charge >= 0.3 is 5.97 Å². The van der Waals surface area contributed by atoms with E-state index >= 15 is 0 Å². The number of fused-ring (bicyclic) bond motifs is 1. The fourth-order valence-corrected chi connectivity index (χ4v) is 2.35. The van der Waals surface area contributed by atoms with Gasteiger partial charge in [0.2, 0.25) is 5.76 Å². The highest BCUT2D eigenvalue weighted by Crippen LogP contribution is 2.18. The van der Waals surface area contributed by atoms with Crippen LogP contribution in [-0.4, -0.2) is 5.97 Å². The first-order valence-corrected chi connectivity index (χ1v) is 7.34. The van der Waals surface area contributed by atoms with Crippen molar-refractivity contribution in [2.75, 3.05) is 0 Å². The SMILES string of the molecule is N#Cc1cccc(COC(=O)c2cc(=O)c3cc(Cl)ccc3o2)c1. The zero-order valence-corrected chi connectivity index (χ0v) is 13.0. The molecule has 0 amide bonds. The number of esters is 1. The number of hydrogen-bond acceptors (Lipinski definition) is 5. The Balaban J connectivity index is 1.82. The smallest absolute Gasteiger partial charge is 0.374 e. The molecule has 0 radical (unpaired) electrons. The Morgan fingerprint density at radius 2 is 2.04 bits per heavy atom. The monoisotopic (exact) mass is 339 g/mol. The van der Waals surface area contributed by atoms with E-state index < -0.39 is 5.97 Å². The van der Waals surface area contributed by atoms with Gasteiger partial charge in [0.05, 0.1) is 17.0 Å². The minimum atomic E-state index is -0.758. The molecule has 1 heterocycles. The van der Waals surface area contributed by atoms with Crippen molar-refractivity contribution in [1.82, 2.24) is 0 Å². The van der Waals surface area contributed by atoms with Gasteiger partial charge in [0.25, 0.3) is 0 Å². The first-order chi connectivity index (χ1) is 11.6. The van der Waals surface area contributed by atoms with E-state index in [1.54, 1.807) is 30.3 Å². The van der Waals surface area contributed by atoms with Crippen molar-refractivity contribution in [3.05, 3.63) is 80.7 Å². The molecule has 3 rings (SSSR count). The molecular formula is C18H10ClNO4. The molecule has 3 aromatic rings. The van der Waals surface area contributed by atoms with Crippen molar-refractivity contribution in [3.8, 4) is 6.07 Å². The summed E-state index contributed by atoms with van der Waals surface area (Å²) >= 11 is 5.84. The number of benzene rings is 2. The zero-order chi connectivity index (χ0) is 17.1. The number of nitrogens with zero attached hydrogens (tertiary/aromatic N) is 1. The second-order valence-corrected chi connectivity index (χ2v) is 5.44. The second kappa shape index (κ2) is 6.57. The molecule has 0 saturated carbocycles. The Morgan fingerprint density at radius 3 is 2.83 bits per heavy atom. The molecule has 0 saturated heterocycles. The number of ether oxygens (including phenoxy) is 1. The summed E-state index contributed by atoms with van der Waals surface area (Å²) in [5, 5.41) is 9.55. The molecule has 1 aromatic heterocycles. The highest BCUT2D eigenvalue weighted by Gasteiger charge is 2.14. The van der Waals surface area contributed by atoms with E-state index in [2.05, 4.69) is 0 Å². The fourth-order valence-electron chi connectivity index (χ4n) is 2.18. The van der Waals surface area contributed by atoms with Crippen molar-refractivity contribution < 1.29 is 13.9 Å². The highest BCUT2D eigenvalue weighted by molar-refractivity contribution is 6.31. The maximum absolute atomic E-state index is 12.1. The third kappa shape index (κ3) is 3.29. The van der Waals surface area contributed by atoms with E-state index in [9.17, 15) is 9.59 Å². The number of hydrogen-bond donors (Lipinski definition) is 0. The van der Waals surface area contributed by atoms with Gasteiger partial charge in [0, 0.05) is 11.1 Å². The van der Waals surface area contributed by atoms with Crippen molar-refractivity contribution in [1.29, 1.82) is 5.26 Å². The van der Waals surface area contributed by atoms with Crippen LogP contribution in [0.25, 0.3) is 11.0 Å². The Bertz CT molecular complexity index is 1030. The lowest BCUT2D eigenvalue weighted by Gasteiger charge is -2.05. The maximum Gasteiger partial charge on any atom is 0.374 e. The molecule has 6 heteroatoms. The van der Waals surface area contributed by atoms with E-state index in [0.29, 0.717) is 21.5 Å². The van der Waals surface area contributed by atoms with Gasteiger partial charge in [-0.2, -0.15) is 5.26 Å². The molecule has 0 fully saturated rings. The zero-order valence-electron chi connectivity index (χ0n) is 12.3. The molecule has 0 bridgehead atoms. The van der Waals surface area contributed by atoms with Crippen LogP contribution in [-0.2, 0) is 11.3 Å². The second-order valence-electron chi connectivity index (χ2n) is 5.00. The van der Waals surface area contributed by atoms with Crippen molar-refractivity contribution in [3.63, 3.8) is 0 Å². The number of carbonyl (C=O) groups is 1. The summed E-state index contributed by atoms with van der Waals surface area (Å²) < 4.78 is 10.5. The van der Waals surface area contributed by atoms with Crippen molar-refractivity contribution in [2.45, 2.75) is 6.61 Å². The topological polar surface area (TPSA) is 80.3 Å². The molecule has 0 unspecified atom stereocenters. The molecule has 5 nitrogen and oxygen atoms in total. The van der Waals surface area contributed by atoms with E-state index in [1.165, 1.54) is 12.1 Å². The fraction of sp³-hybridized carbons (Fsp3) is 0.0556. The van der Waals surface area contributed by atoms with Gasteiger partial charge in [0.15, 0.2) is 5.43 Å². The molecule has 118 valence electrons. The highest BCUT2D eigenvalue weighted by atomic mass is 35.5. The summed E-state index contributed by atoms with van der Waals surface area (Å²) in [5.74, 6) is -0.947. The Kier molecular flexibility index (Phi) is 4.32. The number of rotatable bonds is 3. The van der Waals surface area contributed by atoms with Gasteiger partial charge < -0.3 is 9.15 Å². The predicted molar refractivity (Wildman–Crippen MR) is 87.8 cm³/mol. The average Bonchev–Trinajstić information content (AvgIpc) is 2.60. The van der Waals surface area contributed by atoms with Crippen LogP contribution in [0.3, 0.4) is 0 Å². The molecule has 24 heavy (non-hydrogen) atoms. The van der Waals surface area contributed by atoms with Gasteiger partial charge in [-0.15, -0.1) is 0 Å². The van der Waals surface area contributed by atoms with Crippen LogP contribution >= 0.6 is 11.6 Å². The van der Waals surface area contributed by atoms with Gasteiger partial charge in [0.1, 0.15) is 12.2 Å². The van der Waals surface area contributed by atoms with Crippen LogP contribution < -0.4 is 5.43 Å². The van der Waals surface area contributed by atoms with Crippen molar-refractivity contribution >= 4 is 28.5 Å². The Hall–Kier alpha value is -3.10. The first-order valence-electron chi connectivity index (χ1n) is 6.96. The molecule has 0 aliphatic carbocycles. The van der Waals surface area contributed by atoms with Gasteiger partial charge in [-0.25, -0.2) is 4.79 Å². The molecule has 2 aromatic carbocycles. The number of nitriles is 1. The number of carbonyl (C=O) groups excluding carboxylic acids is 1. The third-order valence-electron chi connectivity index (χ3n) is 3.32. The summed E-state index contributed by atoms with van der Waals surface area (Å²) in [6, 6.07) is 14.3. The molecule has 0 spiro atoms. The van der Waals surface area contributed by atoms with Gasteiger partial charge in [-0.3, -0.25) is 4.79 Å². The minimum Gasteiger partial charge on any atom is -0.455 e. The van der Waals surface area contributed by atoms with E-state index in [1.807, 2.05) is 6.07 Å². The number of halogens is 1. The van der Waals surface area contributed by atoms with Crippen LogP contribution in [0.4, 0.5) is 0 Å². The Morgan fingerprint density at radius 1 is 1.21 bits per heavy atom. The lowest BCUT2D eigenvalue weighted by atomic mass is 10.1. The van der Waals surface area contributed by atoms with E-state index in [0.717, 1.165) is 6.07 Å². The maximum atomic E-state index is 12.1. The largest absolute Gasteiger partial charge is 0.455 e. The van der Waals surface area contributed by atoms with Crippen LogP contribution in [0.15, 0.2) is 57.7 Å². The summed E-state index contributed by atoms with van der Waals surface area (Å²) in [7, 11) is 0. The van der Waals surface area contributed by atoms with Crippen LogP contribution in [0.5, 0.6) is 0 Å². The average molecular weight is 340 g/mol. The summed E-state index contributed by atoms with van der Waals surface area (Å²) in [6.45, 7) is -0.0310. The van der Waals surface area contributed by atoms with Crippen LogP contribution in [0.1, 0.15) is 21.7 Å². The first kappa shape index (κ1) is 15.8. The normalized spacial score (nSPS) is 10.3. The molecule has 0 N–H and O–H groups in total. The molecular weight excluding hydrogens is 330 g/mol. The lowest BCUT2D eigenvalue weighted by Crippen LogP contribution is -2.10. The Labute approximate surface area is 141 Å². The molecule has 0 aliphatic heterocycles. The van der Waals surface area contributed by atoms with Gasteiger partial charge in [-0.05, 0) is 35.9 Å².